The highest BCUT2D eigenvalue weighted by Gasteiger charge is 2.28. The molecule has 1 aromatic heterocycles. The standard InChI is InChI=1S/C19H21ClFN5O/c1-11-4-3-5-26(10-11)19-22-9-14(20)18(24-19)23-13-6-12-7-16(27)25(2)17(12)15(21)8-13/h6,8-9,11H,3-5,7,10H2,1-2H3,(H,22,23,24). The van der Waals surface area contributed by atoms with Crippen LogP contribution in [0.15, 0.2) is 18.3 Å². The fourth-order valence-corrected chi connectivity index (χ4v) is 3.89. The highest BCUT2D eigenvalue weighted by atomic mass is 35.5. The number of hydrogen-bond donors (Lipinski definition) is 1. The molecule has 1 aromatic carbocycles. The van der Waals surface area contributed by atoms with Crippen molar-refractivity contribution in [3.05, 3.63) is 34.7 Å². The van der Waals surface area contributed by atoms with Crippen molar-refractivity contribution in [3.63, 3.8) is 0 Å². The summed E-state index contributed by atoms with van der Waals surface area (Å²) in [5, 5.41) is 3.44. The van der Waals surface area contributed by atoms with E-state index in [1.807, 2.05) is 0 Å². The van der Waals surface area contributed by atoms with Crippen molar-refractivity contribution in [1.29, 1.82) is 0 Å². The number of benzene rings is 1. The summed E-state index contributed by atoms with van der Waals surface area (Å²) < 4.78 is 14.5. The lowest BCUT2D eigenvalue weighted by Crippen LogP contribution is -2.35. The number of carbonyl (C=O) groups excluding carboxylic acids is 1. The van der Waals surface area contributed by atoms with E-state index in [0.29, 0.717) is 39.6 Å². The fraction of sp³-hybridized carbons (Fsp3) is 0.421. The van der Waals surface area contributed by atoms with Gasteiger partial charge in [0.05, 0.1) is 18.3 Å². The Labute approximate surface area is 162 Å². The number of anilines is 4. The van der Waals surface area contributed by atoms with Crippen molar-refractivity contribution < 1.29 is 9.18 Å². The van der Waals surface area contributed by atoms with E-state index in [-0.39, 0.29) is 12.3 Å². The van der Waals surface area contributed by atoms with Crippen LogP contribution in [-0.2, 0) is 11.2 Å². The Balaban J connectivity index is 1.62. The van der Waals surface area contributed by atoms with E-state index >= 15 is 0 Å². The number of amides is 1. The molecule has 0 bridgehead atoms. The molecule has 2 aliphatic rings. The van der Waals surface area contributed by atoms with Gasteiger partial charge in [0.1, 0.15) is 10.8 Å². The molecule has 1 amide bonds. The van der Waals surface area contributed by atoms with E-state index in [0.717, 1.165) is 19.5 Å². The second-order valence-corrected chi connectivity index (χ2v) is 7.69. The zero-order chi connectivity index (χ0) is 19.1. The Kier molecular flexibility index (Phi) is 4.63. The first-order valence-electron chi connectivity index (χ1n) is 9.06. The van der Waals surface area contributed by atoms with E-state index in [1.54, 1.807) is 19.3 Å². The molecule has 0 aliphatic carbocycles. The molecule has 3 heterocycles. The Morgan fingerprint density at radius 2 is 2.19 bits per heavy atom. The fourth-order valence-electron chi connectivity index (χ4n) is 3.75. The molecule has 8 heteroatoms. The number of nitrogens with zero attached hydrogens (tertiary/aromatic N) is 4. The third kappa shape index (κ3) is 3.43. The SMILES string of the molecule is CC1CCCN(c2ncc(Cl)c(Nc3cc(F)c4c(c3)CC(=O)N4C)n2)C1. The molecule has 2 aromatic rings. The zero-order valence-corrected chi connectivity index (χ0v) is 16.1. The lowest BCUT2D eigenvalue weighted by molar-refractivity contribution is -0.117. The van der Waals surface area contributed by atoms with Gasteiger partial charge in [0.15, 0.2) is 5.82 Å². The molecular formula is C19H21ClFN5O. The first-order valence-corrected chi connectivity index (χ1v) is 9.43. The number of likely N-dealkylation sites (N-methyl/N-ethyl adjacent to an activating group) is 1. The maximum Gasteiger partial charge on any atom is 0.231 e. The van der Waals surface area contributed by atoms with Crippen LogP contribution in [0.25, 0.3) is 0 Å². The first-order chi connectivity index (χ1) is 12.9. The van der Waals surface area contributed by atoms with E-state index in [4.69, 9.17) is 11.6 Å². The highest BCUT2D eigenvalue weighted by Crippen LogP contribution is 2.35. The van der Waals surface area contributed by atoms with Gasteiger partial charge in [-0.1, -0.05) is 18.5 Å². The summed E-state index contributed by atoms with van der Waals surface area (Å²) in [5.74, 6) is 1.07. The minimum atomic E-state index is -0.446. The number of fused-ring (bicyclic) bond motifs is 1. The number of aromatic nitrogens is 2. The minimum absolute atomic E-state index is 0.123. The molecular weight excluding hydrogens is 369 g/mol. The molecule has 0 radical (unpaired) electrons. The van der Waals surface area contributed by atoms with Crippen LogP contribution >= 0.6 is 11.6 Å². The molecule has 1 N–H and O–H groups in total. The average molecular weight is 390 g/mol. The summed E-state index contributed by atoms with van der Waals surface area (Å²) in [5.41, 5.74) is 1.50. The number of hydrogen-bond acceptors (Lipinski definition) is 5. The Morgan fingerprint density at radius 1 is 1.37 bits per heavy atom. The predicted octanol–water partition coefficient (Wildman–Crippen LogP) is 3.77. The van der Waals surface area contributed by atoms with Crippen LogP contribution < -0.4 is 15.1 Å². The van der Waals surface area contributed by atoms with Gasteiger partial charge in [0, 0.05) is 25.8 Å². The van der Waals surface area contributed by atoms with Gasteiger partial charge in [-0.3, -0.25) is 4.79 Å². The molecule has 1 saturated heterocycles. The monoisotopic (exact) mass is 389 g/mol. The summed E-state index contributed by atoms with van der Waals surface area (Å²) in [6, 6.07) is 3.12. The Bertz CT molecular complexity index is 906. The number of nitrogens with one attached hydrogen (secondary N) is 1. The van der Waals surface area contributed by atoms with Gasteiger partial charge in [-0.25, -0.2) is 9.37 Å². The van der Waals surface area contributed by atoms with Crippen LogP contribution in [-0.4, -0.2) is 36.0 Å². The van der Waals surface area contributed by atoms with Crippen molar-refractivity contribution in [1.82, 2.24) is 9.97 Å². The van der Waals surface area contributed by atoms with Crippen molar-refractivity contribution in [2.45, 2.75) is 26.2 Å². The van der Waals surface area contributed by atoms with Gasteiger partial charge in [0.2, 0.25) is 11.9 Å². The molecule has 1 unspecified atom stereocenters. The number of carbonyl (C=O) groups is 1. The largest absolute Gasteiger partial charge is 0.341 e. The molecule has 142 valence electrons. The van der Waals surface area contributed by atoms with Crippen molar-refractivity contribution in [2.24, 2.45) is 5.92 Å². The summed E-state index contributed by atoms with van der Waals surface area (Å²) >= 11 is 6.26. The summed E-state index contributed by atoms with van der Waals surface area (Å²) in [7, 11) is 1.58. The van der Waals surface area contributed by atoms with Gasteiger partial charge >= 0.3 is 0 Å². The van der Waals surface area contributed by atoms with Crippen molar-refractivity contribution in [2.75, 3.05) is 35.3 Å². The normalized spacial score (nSPS) is 19.4. The van der Waals surface area contributed by atoms with Gasteiger partial charge in [-0.15, -0.1) is 0 Å². The lowest BCUT2D eigenvalue weighted by Gasteiger charge is -2.31. The summed E-state index contributed by atoms with van der Waals surface area (Å²) in [6.07, 6.45) is 4.06. The third-order valence-electron chi connectivity index (χ3n) is 5.13. The smallest absolute Gasteiger partial charge is 0.231 e. The molecule has 2 aliphatic heterocycles. The van der Waals surface area contributed by atoms with Crippen molar-refractivity contribution >= 4 is 40.6 Å². The van der Waals surface area contributed by atoms with Gasteiger partial charge in [0.25, 0.3) is 0 Å². The molecule has 1 fully saturated rings. The van der Waals surface area contributed by atoms with Crippen LogP contribution in [0.3, 0.4) is 0 Å². The highest BCUT2D eigenvalue weighted by molar-refractivity contribution is 6.32. The van der Waals surface area contributed by atoms with Crippen LogP contribution in [0.2, 0.25) is 5.02 Å². The van der Waals surface area contributed by atoms with Crippen LogP contribution in [0, 0.1) is 11.7 Å². The molecule has 0 saturated carbocycles. The number of halogens is 2. The van der Waals surface area contributed by atoms with E-state index in [2.05, 4.69) is 27.1 Å². The Hall–Kier alpha value is -2.41. The molecule has 0 spiro atoms. The summed E-state index contributed by atoms with van der Waals surface area (Å²) in [6.45, 7) is 4.03. The molecule has 6 nitrogen and oxygen atoms in total. The maximum absolute atomic E-state index is 14.5. The Morgan fingerprint density at radius 3 is 2.96 bits per heavy atom. The number of piperidine rings is 1. The van der Waals surface area contributed by atoms with Gasteiger partial charge in [-0.05, 0) is 36.5 Å². The number of rotatable bonds is 3. The lowest BCUT2D eigenvalue weighted by atomic mass is 10.0. The van der Waals surface area contributed by atoms with Gasteiger partial charge in [-0.2, -0.15) is 4.98 Å². The second kappa shape index (κ2) is 6.96. The minimum Gasteiger partial charge on any atom is -0.341 e. The van der Waals surface area contributed by atoms with E-state index in [9.17, 15) is 9.18 Å². The molecule has 4 rings (SSSR count). The second-order valence-electron chi connectivity index (χ2n) is 7.28. The van der Waals surface area contributed by atoms with Crippen LogP contribution in [0.1, 0.15) is 25.3 Å². The zero-order valence-electron chi connectivity index (χ0n) is 15.3. The third-order valence-corrected chi connectivity index (χ3v) is 5.40. The van der Waals surface area contributed by atoms with Crippen LogP contribution in [0.4, 0.5) is 27.5 Å². The molecule has 27 heavy (non-hydrogen) atoms. The quantitative estimate of drug-likeness (QED) is 0.865. The average Bonchev–Trinajstić information content (AvgIpc) is 2.91. The first kappa shape index (κ1) is 18.0. The predicted molar refractivity (Wildman–Crippen MR) is 104 cm³/mol. The van der Waals surface area contributed by atoms with Crippen LogP contribution in [0.5, 0.6) is 0 Å². The topological polar surface area (TPSA) is 61.4 Å². The van der Waals surface area contributed by atoms with E-state index in [1.165, 1.54) is 17.4 Å². The maximum atomic E-state index is 14.5. The van der Waals surface area contributed by atoms with Crippen molar-refractivity contribution in [3.8, 4) is 0 Å². The summed E-state index contributed by atoms with van der Waals surface area (Å²) in [4.78, 5) is 24.2. The van der Waals surface area contributed by atoms with Gasteiger partial charge < -0.3 is 15.1 Å². The van der Waals surface area contributed by atoms with E-state index < -0.39 is 5.82 Å². The molecule has 1 atom stereocenters.